The van der Waals surface area contributed by atoms with Crippen LogP contribution in [-0.2, 0) is 6.54 Å². The Bertz CT molecular complexity index is 631. The van der Waals surface area contributed by atoms with Gasteiger partial charge in [-0.15, -0.1) is 0 Å². The number of benzene rings is 2. The summed E-state index contributed by atoms with van der Waals surface area (Å²) in [6.07, 6.45) is 0. The van der Waals surface area contributed by atoms with Crippen molar-refractivity contribution < 1.29 is 9.18 Å². The van der Waals surface area contributed by atoms with E-state index in [9.17, 15) is 9.18 Å². The molecular formula is C15H14ClFN2O. The second-order valence-electron chi connectivity index (χ2n) is 4.25. The van der Waals surface area contributed by atoms with E-state index < -0.39 is 0 Å². The molecule has 0 saturated heterocycles. The van der Waals surface area contributed by atoms with E-state index >= 15 is 0 Å². The van der Waals surface area contributed by atoms with Crippen molar-refractivity contribution in [2.45, 2.75) is 6.54 Å². The van der Waals surface area contributed by atoms with Crippen LogP contribution in [-0.4, -0.2) is 13.0 Å². The molecule has 2 aromatic rings. The zero-order valence-corrected chi connectivity index (χ0v) is 11.7. The van der Waals surface area contributed by atoms with Crippen LogP contribution in [0.3, 0.4) is 0 Å². The third kappa shape index (κ3) is 3.48. The molecule has 0 aliphatic carbocycles. The summed E-state index contributed by atoms with van der Waals surface area (Å²) in [6.45, 7) is 0.256. The van der Waals surface area contributed by atoms with Gasteiger partial charge in [0, 0.05) is 24.3 Å². The second-order valence-corrected chi connectivity index (χ2v) is 4.69. The Labute approximate surface area is 121 Å². The third-order valence-corrected chi connectivity index (χ3v) is 3.07. The van der Waals surface area contributed by atoms with Crippen molar-refractivity contribution >= 4 is 23.2 Å². The van der Waals surface area contributed by atoms with E-state index in [1.54, 1.807) is 37.4 Å². The van der Waals surface area contributed by atoms with E-state index in [2.05, 4.69) is 10.6 Å². The Kier molecular flexibility index (Phi) is 4.58. The fourth-order valence-corrected chi connectivity index (χ4v) is 2.02. The summed E-state index contributed by atoms with van der Waals surface area (Å²) < 4.78 is 13.0. The van der Waals surface area contributed by atoms with Gasteiger partial charge in [0.2, 0.25) is 0 Å². The first-order valence-corrected chi connectivity index (χ1v) is 6.48. The van der Waals surface area contributed by atoms with Gasteiger partial charge in [0.05, 0.1) is 5.56 Å². The summed E-state index contributed by atoms with van der Waals surface area (Å²) in [5.74, 6) is -0.587. The highest BCUT2D eigenvalue weighted by Crippen LogP contribution is 2.20. The second kappa shape index (κ2) is 6.39. The molecule has 0 saturated carbocycles. The Morgan fingerprint density at radius 2 is 2.05 bits per heavy atom. The number of rotatable bonds is 4. The number of carbonyl (C=O) groups is 1. The maximum absolute atomic E-state index is 13.0. The van der Waals surface area contributed by atoms with Gasteiger partial charge in [-0.3, -0.25) is 4.79 Å². The minimum atomic E-state index is -0.324. The van der Waals surface area contributed by atoms with Gasteiger partial charge in [-0.25, -0.2) is 4.39 Å². The van der Waals surface area contributed by atoms with Gasteiger partial charge in [-0.1, -0.05) is 23.7 Å². The van der Waals surface area contributed by atoms with Crippen LogP contribution in [0.5, 0.6) is 0 Å². The van der Waals surface area contributed by atoms with Crippen LogP contribution >= 0.6 is 11.6 Å². The summed E-state index contributed by atoms with van der Waals surface area (Å²) in [4.78, 5) is 12.1. The molecule has 0 atom stereocenters. The molecular weight excluding hydrogens is 279 g/mol. The first kappa shape index (κ1) is 14.3. The van der Waals surface area contributed by atoms with E-state index in [-0.39, 0.29) is 18.3 Å². The molecule has 0 unspecified atom stereocenters. The number of halogens is 2. The minimum absolute atomic E-state index is 0.256. The van der Waals surface area contributed by atoms with E-state index in [1.807, 2.05) is 0 Å². The van der Waals surface area contributed by atoms with Crippen LogP contribution in [0, 0.1) is 5.82 Å². The lowest BCUT2D eigenvalue weighted by atomic mass is 10.1. The number of hydrogen-bond acceptors (Lipinski definition) is 2. The Hall–Kier alpha value is -2.07. The normalized spacial score (nSPS) is 10.2. The molecule has 3 nitrogen and oxygen atoms in total. The van der Waals surface area contributed by atoms with Gasteiger partial charge in [-0.2, -0.15) is 0 Å². The maximum atomic E-state index is 13.0. The number of anilines is 1. The monoisotopic (exact) mass is 292 g/mol. The van der Waals surface area contributed by atoms with Crippen molar-refractivity contribution in [3.8, 4) is 0 Å². The van der Waals surface area contributed by atoms with Crippen molar-refractivity contribution in [1.29, 1.82) is 0 Å². The molecule has 0 aromatic heterocycles. The Morgan fingerprint density at radius 1 is 1.25 bits per heavy atom. The SMILES string of the molecule is CNc1ccc(Cl)cc1C(=O)NCc1cccc(F)c1. The largest absolute Gasteiger partial charge is 0.387 e. The van der Waals surface area contributed by atoms with Gasteiger partial charge in [0.15, 0.2) is 0 Å². The molecule has 2 rings (SSSR count). The fraction of sp³-hybridized carbons (Fsp3) is 0.133. The zero-order chi connectivity index (χ0) is 14.5. The summed E-state index contributed by atoms with van der Waals surface area (Å²) >= 11 is 5.90. The lowest BCUT2D eigenvalue weighted by molar-refractivity contribution is 0.0951. The van der Waals surface area contributed by atoms with Gasteiger partial charge in [0.1, 0.15) is 5.82 Å². The van der Waals surface area contributed by atoms with Crippen molar-refractivity contribution in [2.75, 3.05) is 12.4 Å². The average molecular weight is 293 g/mol. The summed E-state index contributed by atoms with van der Waals surface area (Å²) in [5.41, 5.74) is 1.84. The molecule has 0 aliphatic heterocycles. The van der Waals surface area contributed by atoms with E-state index in [0.717, 1.165) is 0 Å². The highest BCUT2D eigenvalue weighted by Gasteiger charge is 2.11. The van der Waals surface area contributed by atoms with Crippen molar-refractivity contribution in [3.05, 3.63) is 64.4 Å². The molecule has 1 amide bonds. The number of amides is 1. The van der Waals surface area contributed by atoms with Crippen LogP contribution in [0.1, 0.15) is 15.9 Å². The van der Waals surface area contributed by atoms with Crippen LogP contribution in [0.15, 0.2) is 42.5 Å². The highest BCUT2D eigenvalue weighted by atomic mass is 35.5. The van der Waals surface area contributed by atoms with Crippen LogP contribution in [0.25, 0.3) is 0 Å². The van der Waals surface area contributed by atoms with Crippen molar-refractivity contribution in [1.82, 2.24) is 5.32 Å². The van der Waals surface area contributed by atoms with Crippen LogP contribution in [0.4, 0.5) is 10.1 Å². The minimum Gasteiger partial charge on any atom is -0.387 e. The van der Waals surface area contributed by atoms with Crippen LogP contribution in [0.2, 0.25) is 5.02 Å². The molecule has 104 valence electrons. The summed E-state index contributed by atoms with van der Waals surface area (Å²) in [7, 11) is 1.73. The van der Waals surface area contributed by atoms with Gasteiger partial charge in [0.25, 0.3) is 5.91 Å². The fourth-order valence-electron chi connectivity index (χ4n) is 1.85. The van der Waals surface area contributed by atoms with Gasteiger partial charge >= 0.3 is 0 Å². The topological polar surface area (TPSA) is 41.1 Å². The lowest BCUT2D eigenvalue weighted by Gasteiger charge is -2.10. The quantitative estimate of drug-likeness (QED) is 0.906. The zero-order valence-electron chi connectivity index (χ0n) is 10.9. The van der Waals surface area contributed by atoms with Gasteiger partial charge < -0.3 is 10.6 Å². The Balaban J connectivity index is 2.10. The molecule has 0 spiro atoms. The molecule has 2 aromatic carbocycles. The predicted molar refractivity (Wildman–Crippen MR) is 78.6 cm³/mol. The third-order valence-electron chi connectivity index (χ3n) is 2.84. The maximum Gasteiger partial charge on any atom is 0.253 e. The van der Waals surface area contributed by atoms with E-state index in [4.69, 9.17) is 11.6 Å². The Morgan fingerprint density at radius 3 is 2.75 bits per heavy atom. The molecule has 20 heavy (non-hydrogen) atoms. The summed E-state index contributed by atoms with van der Waals surface area (Å²) in [5, 5.41) is 6.16. The molecule has 0 fully saturated rings. The van der Waals surface area contributed by atoms with Crippen molar-refractivity contribution in [2.24, 2.45) is 0 Å². The smallest absolute Gasteiger partial charge is 0.253 e. The number of carbonyl (C=O) groups excluding carboxylic acids is 1. The molecule has 0 aliphatic rings. The van der Waals surface area contributed by atoms with Gasteiger partial charge in [-0.05, 0) is 35.9 Å². The van der Waals surface area contributed by atoms with E-state index in [0.29, 0.717) is 21.8 Å². The molecule has 0 heterocycles. The average Bonchev–Trinajstić information content (AvgIpc) is 2.45. The molecule has 2 N–H and O–H groups in total. The highest BCUT2D eigenvalue weighted by molar-refractivity contribution is 6.31. The van der Waals surface area contributed by atoms with E-state index in [1.165, 1.54) is 12.1 Å². The van der Waals surface area contributed by atoms with Crippen LogP contribution < -0.4 is 10.6 Å². The summed E-state index contributed by atoms with van der Waals surface area (Å²) in [6, 6.07) is 11.1. The van der Waals surface area contributed by atoms with Crippen molar-refractivity contribution in [3.63, 3.8) is 0 Å². The standard InChI is InChI=1S/C15H14ClFN2O/c1-18-14-6-5-11(16)8-13(14)15(20)19-9-10-3-2-4-12(17)7-10/h2-8,18H,9H2,1H3,(H,19,20). The molecule has 5 heteroatoms. The first-order chi connectivity index (χ1) is 9.60. The first-order valence-electron chi connectivity index (χ1n) is 6.10. The lowest BCUT2D eigenvalue weighted by Crippen LogP contribution is -2.23. The number of nitrogens with one attached hydrogen (secondary N) is 2. The molecule has 0 bridgehead atoms. The predicted octanol–water partition coefficient (Wildman–Crippen LogP) is 3.45. The molecule has 0 radical (unpaired) electrons. The number of hydrogen-bond donors (Lipinski definition) is 2.